The van der Waals surface area contributed by atoms with Gasteiger partial charge in [-0.2, -0.15) is 10.2 Å². The number of amides is 1. The molecule has 0 aliphatic rings. The zero-order valence-electron chi connectivity index (χ0n) is 15.8. The van der Waals surface area contributed by atoms with E-state index in [1.165, 1.54) is 0 Å². The molecule has 3 rings (SSSR count). The Bertz CT molecular complexity index is 1030. The Hall–Kier alpha value is -1.58. The van der Waals surface area contributed by atoms with Crippen molar-refractivity contribution in [2.24, 2.45) is 0 Å². The number of carbonyl (C=O) groups excluding carboxylic acids is 1. The minimum Gasteiger partial charge on any atom is -0.323 e. The zero-order valence-corrected chi connectivity index (χ0v) is 19.4. The van der Waals surface area contributed by atoms with Crippen molar-refractivity contribution in [2.75, 3.05) is 5.32 Å². The van der Waals surface area contributed by atoms with Crippen LogP contribution in [-0.2, 0) is 17.9 Å². The molecule has 1 aromatic carbocycles. The van der Waals surface area contributed by atoms with E-state index in [0.29, 0.717) is 29.6 Å². The van der Waals surface area contributed by atoms with E-state index in [1.807, 2.05) is 36.2 Å². The molecule has 0 bridgehead atoms. The van der Waals surface area contributed by atoms with Crippen LogP contribution in [-0.4, -0.2) is 25.5 Å². The van der Waals surface area contributed by atoms with Crippen LogP contribution in [0.4, 0.5) is 5.69 Å². The maximum atomic E-state index is 12.4. The smallest absolute Gasteiger partial charge is 0.226 e. The number of nitrogens with zero attached hydrogens (tertiary/aromatic N) is 4. The van der Waals surface area contributed by atoms with E-state index >= 15 is 0 Å². The lowest BCUT2D eigenvalue weighted by atomic mass is 10.2. The molecule has 148 valence electrons. The third-order valence-electron chi connectivity index (χ3n) is 4.58. The summed E-state index contributed by atoms with van der Waals surface area (Å²) in [4.78, 5) is 12.4. The Morgan fingerprint density at radius 1 is 1.18 bits per heavy atom. The largest absolute Gasteiger partial charge is 0.323 e. The molecule has 0 atom stereocenters. The molecule has 1 N–H and O–H groups in total. The number of carbonyl (C=O) groups is 1. The van der Waals surface area contributed by atoms with Gasteiger partial charge in [0.05, 0.1) is 39.9 Å². The number of nitrogens with one attached hydrogen (secondary N) is 1. The van der Waals surface area contributed by atoms with Gasteiger partial charge < -0.3 is 5.32 Å². The quantitative estimate of drug-likeness (QED) is 0.455. The second-order valence-corrected chi connectivity index (χ2v) is 8.54. The highest BCUT2D eigenvalue weighted by molar-refractivity contribution is 14.1. The molecule has 0 saturated heterocycles. The predicted octanol–water partition coefficient (Wildman–Crippen LogP) is 4.99. The molecule has 6 nitrogen and oxygen atoms in total. The van der Waals surface area contributed by atoms with Crippen LogP contribution in [0, 0.1) is 24.3 Å². The summed E-state index contributed by atoms with van der Waals surface area (Å²) in [5, 5.41) is 13.0. The zero-order chi connectivity index (χ0) is 20.4. The third kappa shape index (κ3) is 4.69. The first-order chi connectivity index (χ1) is 13.3. The highest BCUT2D eigenvalue weighted by Gasteiger charge is 2.16. The number of anilines is 1. The van der Waals surface area contributed by atoms with Gasteiger partial charge in [-0.1, -0.05) is 29.3 Å². The molecule has 2 aromatic heterocycles. The second-order valence-electron chi connectivity index (χ2n) is 6.54. The molecule has 0 fully saturated rings. The summed E-state index contributed by atoms with van der Waals surface area (Å²) in [7, 11) is 0. The van der Waals surface area contributed by atoms with Gasteiger partial charge in [0.15, 0.2) is 0 Å². The number of aryl methyl sites for hydroxylation is 2. The van der Waals surface area contributed by atoms with Gasteiger partial charge in [0, 0.05) is 22.2 Å². The van der Waals surface area contributed by atoms with E-state index in [-0.39, 0.29) is 5.91 Å². The van der Waals surface area contributed by atoms with Crippen molar-refractivity contribution < 1.29 is 4.79 Å². The lowest BCUT2D eigenvalue weighted by Gasteiger charge is -2.09. The second kappa shape index (κ2) is 8.84. The van der Waals surface area contributed by atoms with Gasteiger partial charge in [0.1, 0.15) is 0 Å². The van der Waals surface area contributed by atoms with Gasteiger partial charge in [-0.25, -0.2) is 0 Å². The van der Waals surface area contributed by atoms with E-state index in [1.54, 1.807) is 18.3 Å². The van der Waals surface area contributed by atoms with Crippen LogP contribution in [0.5, 0.6) is 0 Å². The maximum absolute atomic E-state index is 12.4. The Morgan fingerprint density at radius 2 is 1.93 bits per heavy atom. The van der Waals surface area contributed by atoms with E-state index < -0.39 is 0 Å². The number of hydrogen-bond acceptors (Lipinski definition) is 3. The van der Waals surface area contributed by atoms with Crippen LogP contribution >= 0.6 is 45.8 Å². The average molecular weight is 532 g/mol. The minimum atomic E-state index is -0.0693. The number of aromatic nitrogens is 4. The first-order valence-electron chi connectivity index (χ1n) is 8.72. The Balaban J connectivity index is 1.69. The van der Waals surface area contributed by atoms with Crippen LogP contribution in [0.3, 0.4) is 0 Å². The Morgan fingerprint density at radius 3 is 2.57 bits per heavy atom. The van der Waals surface area contributed by atoms with Gasteiger partial charge in [-0.15, -0.1) is 0 Å². The fraction of sp³-hybridized carbons (Fsp3) is 0.316. The van der Waals surface area contributed by atoms with Gasteiger partial charge >= 0.3 is 0 Å². The summed E-state index contributed by atoms with van der Waals surface area (Å²) in [6.45, 7) is 6.84. The van der Waals surface area contributed by atoms with Crippen LogP contribution in [0.2, 0.25) is 10.0 Å². The molecule has 0 spiro atoms. The Kier molecular flexibility index (Phi) is 6.67. The SMILES string of the molecule is Cc1nn(Cc2ccc(Cl)cc2Cl)c(C)c1NC(=O)CCn1ncc(I)c1C. The van der Waals surface area contributed by atoms with Crippen LogP contribution < -0.4 is 5.32 Å². The van der Waals surface area contributed by atoms with E-state index in [4.69, 9.17) is 23.2 Å². The summed E-state index contributed by atoms with van der Waals surface area (Å²) < 4.78 is 4.76. The fourth-order valence-electron chi connectivity index (χ4n) is 2.90. The van der Waals surface area contributed by atoms with Gasteiger partial charge in [-0.3, -0.25) is 14.2 Å². The molecule has 0 aliphatic heterocycles. The topological polar surface area (TPSA) is 64.7 Å². The van der Waals surface area contributed by atoms with Crippen molar-refractivity contribution in [3.05, 3.63) is 60.7 Å². The van der Waals surface area contributed by atoms with Crippen molar-refractivity contribution >= 4 is 57.4 Å². The van der Waals surface area contributed by atoms with Crippen molar-refractivity contribution in [2.45, 2.75) is 40.3 Å². The number of benzene rings is 1. The standard InChI is InChI=1S/C19H20Cl2IN5O/c1-11-19(24-18(28)6-7-26-12(2)17(22)9-23-26)13(3)27(25-11)10-14-4-5-15(20)8-16(14)21/h4-5,8-9H,6-7,10H2,1-3H3,(H,24,28). The summed E-state index contributed by atoms with van der Waals surface area (Å²) in [5.41, 5.74) is 4.36. The highest BCUT2D eigenvalue weighted by atomic mass is 127. The van der Waals surface area contributed by atoms with Gasteiger partial charge in [0.2, 0.25) is 5.91 Å². The molecule has 3 aromatic rings. The average Bonchev–Trinajstić information content (AvgIpc) is 3.09. The van der Waals surface area contributed by atoms with Crippen molar-refractivity contribution in [1.29, 1.82) is 0 Å². The molecule has 0 radical (unpaired) electrons. The molecule has 0 saturated carbocycles. The van der Waals surface area contributed by atoms with Gasteiger partial charge in [-0.05, 0) is 61.1 Å². The van der Waals surface area contributed by atoms with E-state index in [9.17, 15) is 4.79 Å². The predicted molar refractivity (Wildman–Crippen MR) is 120 cm³/mol. The van der Waals surface area contributed by atoms with Crippen LogP contribution in [0.15, 0.2) is 24.4 Å². The minimum absolute atomic E-state index is 0.0693. The highest BCUT2D eigenvalue weighted by Crippen LogP contribution is 2.25. The lowest BCUT2D eigenvalue weighted by Crippen LogP contribution is -2.16. The first-order valence-corrected chi connectivity index (χ1v) is 10.6. The summed E-state index contributed by atoms with van der Waals surface area (Å²) in [6.07, 6.45) is 2.14. The van der Waals surface area contributed by atoms with E-state index in [0.717, 1.165) is 31.9 Å². The summed E-state index contributed by atoms with van der Waals surface area (Å²) in [6, 6.07) is 5.40. The number of halogens is 3. The summed E-state index contributed by atoms with van der Waals surface area (Å²) in [5.74, 6) is -0.0693. The van der Waals surface area contributed by atoms with Crippen LogP contribution in [0.25, 0.3) is 0 Å². The first kappa shape index (κ1) is 21.1. The monoisotopic (exact) mass is 531 g/mol. The molecular weight excluding hydrogens is 512 g/mol. The Labute approximate surface area is 187 Å². The molecule has 9 heteroatoms. The number of hydrogen-bond donors (Lipinski definition) is 1. The maximum Gasteiger partial charge on any atom is 0.226 e. The van der Waals surface area contributed by atoms with E-state index in [2.05, 4.69) is 38.1 Å². The molecule has 2 heterocycles. The van der Waals surface area contributed by atoms with Crippen molar-refractivity contribution in [3.63, 3.8) is 0 Å². The molecule has 1 amide bonds. The lowest BCUT2D eigenvalue weighted by molar-refractivity contribution is -0.116. The van der Waals surface area contributed by atoms with Crippen molar-refractivity contribution in [1.82, 2.24) is 19.6 Å². The number of rotatable bonds is 6. The fourth-order valence-corrected chi connectivity index (χ4v) is 3.77. The normalized spacial score (nSPS) is 11.1. The molecule has 28 heavy (non-hydrogen) atoms. The molecule has 0 unspecified atom stereocenters. The molecule has 0 aliphatic carbocycles. The third-order valence-corrected chi connectivity index (χ3v) is 6.22. The molecular formula is C19H20Cl2IN5O. The summed E-state index contributed by atoms with van der Waals surface area (Å²) >= 11 is 14.5. The van der Waals surface area contributed by atoms with Gasteiger partial charge in [0.25, 0.3) is 0 Å². The van der Waals surface area contributed by atoms with Crippen molar-refractivity contribution in [3.8, 4) is 0 Å². The van der Waals surface area contributed by atoms with Crippen LogP contribution in [0.1, 0.15) is 29.1 Å².